The molecule has 16 atom stereocenters. The molecule has 3 aliphatic rings. The van der Waals surface area contributed by atoms with Crippen molar-refractivity contribution in [1.82, 2.24) is 26.2 Å². The summed E-state index contributed by atoms with van der Waals surface area (Å²) in [6.45, 7) is 7.86. The second kappa shape index (κ2) is 38.4. The number of ketones is 2. The van der Waals surface area contributed by atoms with E-state index >= 15 is 0 Å². The number of ether oxygens (including phenoxy) is 6. The number of hydrogen-bond donors (Lipinski definition) is 13. The fourth-order valence-electron chi connectivity index (χ4n) is 9.53. The van der Waals surface area contributed by atoms with Gasteiger partial charge in [0, 0.05) is 76.3 Å². The van der Waals surface area contributed by atoms with Crippen LogP contribution in [0, 0.1) is 23.7 Å². The first kappa shape index (κ1) is 70.8. The van der Waals surface area contributed by atoms with E-state index in [2.05, 4.69) is 21.3 Å². The highest BCUT2D eigenvalue weighted by atomic mass is 16.7. The first-order chi connectivity index (χ1) is 38.1. The van der Waals surface area contributed by atoms with E-state index in [-0.39, 0.29) is 76.7 Å². The number of rotatable bonds is 40. The lowest BCUT2D eigenvalue weighted by molar-refractivity contribution is -0.282. The van der Waals surface area contributed by atoms with Gasteiger partial charge in [0.05, 0.1) is 70.4 Å². The third-order valence-electron chi connectivity index (χ3n) is 14.7. The number of aliphatic hydroxyl groups is 9. The van der Waals surface area contributed by atoms with Crippen LogP contribution in [0.15, 0.2) is 0 Å². The van der Waals surface area contributed by atoms with E-state index in [1.165, 1.54) is 4.90 Å². The molecule has 3 saturated heterocycles. The van der Waals surface area contributed by atoms with Crippen LogP contribution >= 0.6 is 0 Å². The molecule has 26 nitrogen and oxygen atoms in total. The number of hydrogen-bond acceptors (Lipinski definition) is 22. The molecular weight excluding hydrogens is 1050 g/mol. The summed E-state index contributed by atoms with van der Waals surface area (Å²) in [5, 5.41) is 100. The SMILES string of the molecule is CC(C)CC(C(=O)NCC(=O)NCCCCCCO[C@@H]1OC(CO)[C@H](O)C(O)[C@@H]1C)N(CC(=O)CCC(=O)NCCCCCCO[C@@H]1OC(CO)[C@H](O)C(O)[C@@H]1C)CC(=O)CCC(=O)NCCCO[C@@H]1OC(CO)[C@H](O)C(O)[C@@H]1C. The zero-order valence-electron chi connectivity index (χ0n) is 47.6. The Kier molecular flexibility index (Phi) is 34.0. The minimum atomic E-state index is -1.27. The van der Waals surface area contributed by atoms with Gasteiger partial charge in [0.2, 0.25) is 23.6 Å². The molecule has 13 N–H and O–H groups in total. The third kappa shape index (κ3) is 24.8. The van der Waals surface area contributed by atoms with Gasteiger partial charge >= 0.3 is 0 Å². The molecule has 0 spiro atoms. The Morgan fingerprint density at radius 3 is 1.19 bits per heavy atom. The largest absolute Gasteiger partial charge is 0.394 e. The van der Waals surface area contributed by atoms with Crippen molar-refractivity contribution < 1.29 is 103 Å². The van der Waals surface area contributed by atoms with E-state index in [9.17, 15) is 74.7 Å². The topological polar surface area (TPSA) is 391 Å². The highest BCUT2D eigenvalue weighted by molar-refractivity contribution is 5.91. The molecule has 0 saturated carbocycles. The average molecular weight is 1150 g/mol. The second-order valence-electron chi connectivity index (χ2n) is 21.9. The van der Waals surface area contributed by atoms with Crippen LogP contribution < -0.4 is 21.3 Å². The maximum atomic E-state index is 13.9. The van der Waals surface area contributed by atoms with Gasteiger partial charge in [0.15, 0.2) is 18.9 Å². The Morgan fingerprint density at radius 2 is 0.812 bits per heavy atom. The van der Waals surface area contributed by atoms with Crippen molar-refractivity contribution in [2.75, 3.05) is 78.9 Å². The summed E-state index contributed by atoms with van der Waals surface area (Å²) in [6, 6.07) is -1.03. The van der Waals surface area contributed by atoms with Crippen LogP contribution in [-0.4, -0.2) is 245 Å². The number of carbonyl (C=O) groups excluding carboxylic acids is 6. The van der Waals surface area contributed by atoms with Crippen molar-refractivity contribution >= 4 is 35.2 Å². The summed E-state index contributed by atoms with van der Waals surface area (Å²) in [7, 11) is 0. The van der Waals surface area contributed by atoms with E-state index in [0.717, 1.165) is 25.7 Å². The quantitative estimate of drug-likeness (QED) is 0.0286. The van der Waals surface area contributed by atoms with E-state index in [0.29, 0.717) is 58.4 Å². The highest BCUT2D eigenvalue weighted by Crippen LogP contribution is 2.29. The number of aliphatic hydroxyl groups excluding tert-OH is 9. The zero-order chi connectivity index (χ0) is 59.3. The fourth-order valence-corrected chi connectivity index (χ4v) is 9.53. The van der Waals surface area contributed by atoms with E-state index in [1.54, 1.807) is 20.8 Å². The highest BCUT2D eigenvalue weighted by Gasteiger charge is 2.45. The van der Waals surface area contributed by atoms with E-state index < -0.39 is 147 Å². The lowest BCUT2D eigenvalue weighted by Crippen LogP contribution is -2.55. The molecule has 3 aliphatic heterocycles. The summed E-state index contributed by atoms with van der Waals surface area (Å²) in [5.74, 6) is -4.31. The van der Waals surface area contributed by atoms with Crippen LogP contribution in [-0.2, 0) is 57.2 Å². The molecule has 80 heavy (non-hydrogen) atoms. The average Bonchev–Trinajstić information content (AvgIpc) is 3.45. The van der Waals surface area contributed by atoms with Crippen LogP contribution in [0.5, 0.6) is 0 Å². The molecule has 0 aromatic carbocycles. The third-order valence-corrected chi connectivity index (χ3v) is 14.7. The van der Waals surface area contributed by atoms with Gasteiger partial charge in [0.25, 0.3) is 0 Å². The van der Waals surface area contributed by atoms with Crippen LogP contribution in [0.1, 0.15) is 125 Å². The minimum absolute atomic E-state index is 0.0970. The molecule has 0 bridgehead atoms. The first-order valence-corrected chi connectivity index (χ1v) is 28.7. The summed E-state index contributed by atoms with van der Waals surface area (Å²) in [4.78, 5) is 80.9. The minimum Gasteiger partial charge on any atom is -0.394 e. The maximum Gasteiger partial charge on any atom is 0.239 e. The van der Waals surface area contributed by atoms with Crippen molar-refractivity contribution in [3.8, 4) is 0 Å². The molecule has 0 aromatic rings. The van der Waals surface area contributed by atoms with Crippen LogP contribution in [0.25, 0.3) is 0 Å². The molecule has 26 heteroatoms. The van der Waals surface area contributed by atoms with Crippen LogP contribution in [0.4, 0.5) is 0 Å². The van der Waals surface area contributed by atoms with Gasteiger partial charge in [0.1, 0.15) is 48.2 Å². The first-order valence-electron chi connectivity index (χ1n) is 28.7. The van der Waals surface area contributed by atoms with Gasteiger partial charge in [-0.25, -0.2) is 0 Å². The van der Waals surface area contributed by atoms with Crippen LogP contribution in [0.2, 0.25) is 0 Å². The number of unbranched alkanes of at least 4 members (excludes halogenated alkanes) is 6. The number of nitrogens with zero attached hydrogens (tertiary/aromatic N) is 1. The van der Waals surface area contributed by atoms with Crippen LogP contribution in [0.3, 0.4) is 0 Å². The predicted octanol–water partition coefficient (Wildman–Crippen LogP) is -2.35. The summed E-state index contributed by atoms with van der Waals surface area (Å²) in [5.41, 5.74) is 0. The van der Waals surface area contributed by atoms with Gasteiger partial charge in [-0.3, -0.25) is 33.7 Å². The van der Waals surface area contributed by atoms with Gasteiger partial charge < -0.3 is 95.6 Å². The van der Waals surface area contributed by atoms with Gasteiger partial charge in [-0.15, -0.1) is 0 Å². The Hall–Kier alpha value is -3.42. The molecule has 4 amide bonds. The Labute approximate surface area is 470 Å². The van der Waals surface area contributed by atoms with Crippen molar-refractivity contribution in [3.63, 3.8) is 0 Å². The number of nitrogens with one attached hydrogen (secondary N) is 4. The molecule has 3 heterocycles. The lowest BCUT2D eigenvalue weighted by Gasteiger charge is -2.40. The summed E-state index contributed by atoms with van der Waals surface area (Å²) < 4.78 is 33.9. The number of amides is 4. The van der Waals surface area contributed by atoms with E-state index in [1.807, 2.05) is 13.8 Å². The standard InChI is InChI=1S/C54H97N5O21/c1-32(2)25-38(51(74)58-26-44(67)57-20-11-7-9-13-23-76-53-34(4)46(69)49(72)40(30-61)79-53)59(28-37(64)16-18-43(66)56-21-14-24-77-54-35(5)47(70)50(73)41(31-62)80-54)27-36(63)15-17-42(65)55-19-10-6-8-12-22-75-52-33(3)45(68)48(71)39(29-60)78-52/h32-35,38-41,45-50,52-54,60-62,68-73H,6-31H2,1-5H3,(H,55,65)(H,56,66)(H,57,67)(H,58,74)/t33-,34-,35-,38?,39?,40?,41?,45?,46?,47?,48-,49-,50-,52+,53+,54+/m0/s1. The Bertz CT molecular complexity index is 1820. The molecule has 0 aromatic heterocycles. The van der Waals surface area contributed by atoms with Gasteiger partial charge in [-0.1, -0.05) is 60.3 Å². The van der Waals surface area contributed by atoms with E-state index in [4.69, 9.17) is 28.4 Å². The van der Waals surface area contributed by atoms with Gasteiger partial charge in [-0.2, -0.15) is 0 Å². The smallest absolute Gasteiger partial charge is 0.239 e. The Morgan fingerprint density at radius 1 is 0.463 bits per heavy atom. The molecular formula is C54H97N5O21. The molecule has 464 valence electrons. The van der Waals surface area contributed by atoms with Crippen molar-refractivity contribution in [2.45, 2.75) is 204 Å². The second-order valence-corrected chi connectivity index (χ2v) is 21.9. The summed E-state index contributed by atoms with van der Waals surface area (Å²) in [6.07, 6.45) is -6.90. The summed E-state index contributed by atoms with van der Waals surface area (Å²) >= 11 is 0. The Balaban J connectivity index is 1.47. The number of carbonyl (C=O) groups is 6. The molecule has 7 unspecified atom stereocenters. The molecule has 0 aliphatic carbocycles. The molecule has 3 fully saturated rings. The predicted molar refractivity (Wildman–Crippen MR) is 286 cm³/mol. The van der Waals surface area contributed by atoms with Gasteiger partial charge in [-0.05, 0) is 44.4 Å². The normalized spacial score (nSPS) is 29.3. The fraction of sp³-hybridized carbons (Fsp3) is 0.889. The van der Waals surface area contributed by atoms with Crippen molar-refractivity contribution in [3.05, 3.63) is 0 Å². The molecule has 0 radical (unpaired) electrons. The number of Topliss-reactive ketones (excluding diaryl/α,β-unsaturated/α-hetero) is 2. The zero-order valence-corrected chi connectivity index (χ0v) is 47.6. The monoisotopic (exact) mass is 1150 g/mol. The lowest BCUT2D eigenvalue weighted by atomic mass is 9.92. The van der Waals surface area contributed by atoms with Crippen molar-refractivity contribution in [1.29, 1.82) is 0 Å². The van der Waals surface area contributed by atoms with Crippen molar-refractivity contribution in [2.24, 2.45) is 23.7 Å². The molecule has 3 rings (SSSR count). The maximum absolute atomic E-state index is 13.9.